The van der Waals surface area contributed by atoms with Crippen LogP contribution in [-0.4, -0.2) is 29.6 Å². The summed E-state index contributed by atoms with van der Waals surface area (Å²) in [5.41, 5.74) is 5.90. The van der Waals surface area contributed by atoms with Crippen molar-refractivity contribution in [2.45, 2.75) is 52.1 Å². The normalized spacial score (nSPS) is 12.5. The van der Waals surface area contributed by atoms with Gasteiger partial charge in [-0.25, -0.2) is 0 Å². The van der Waals surface area contributed by atoms with Gasteiger partial charge in [0.1, 0.15) is 0 Å². The molecule has 2 N–H and O–H groups in total. The molecule has 0 spiro atoms. The van der Waals surface area contributed by atoms with E-state index < -0.39 is 0 Å². The lowest BCUT2D eigenvalue weighted by molar-refractivity contribution is 0.234. The third kappa shape index (κ3) is 7.10. The number of hydrogen-bond donors (Lipinski definition) is 1. The third-order valence-corrected chi connectivity index (χ3v) is 2.36. The minimum absolute atomic E-state index is 0.0309. The van der Waals surface area contributed by atoms with Gasteiger partial charge in [-0.3, -0.25) is 4.90 Å². The fourth-order valence-corrected chi connectivity index (χ4v) is 1.46. The first-order valence-corrected chi connectivity index (χ1v) is 5.50. The van der Waals surface area contributed by atoms with Crippen molar-refractivity contribution in [1.29, 1.82) is 0 Å². The predicted octanol–water partition coefficient (Wildman–Crippen LogP) is 2.40. The molecule has 0 fully saturated rings. The maximum absolute atomic E-state index is 5.93. The van der Waals surface area contributed by atoms with E-state index in [4.69, 9.17) is 5.73 Å². The van der Waals surface area contributed by atoms with E-state index in [0.717, 1.165) is 25.9 Å². The summed E-state index contributed by atoms with van der Waals surface area (Å²) in [6.07, 6.45) is 4.20. The quantitative estimate of drug-likeness (QED) is 0.637. The van der Waals surface area contributed by atoms with Gasteiger partial charge in [0.2, 0.25) is 0 Å². The Kier molecular flexibility index (Phi) is 6.05. The molecule has 0 radical (unpaired) electrons. The highest BCUT2D eigenvalue weighted by Crippen LogP contribution is 2.09. The van der Waals surface area contributed by atoms with Gasteiger partial charge in [0.15, 0.2) is 0 Å². The molecule has 0 heterocycles. The van der Waals surface area contributed by atoms with Gasteiger partial charge < -0.3 is 5.73 Å². The molecule has 0 rings (SSSR count). The van der Waals surface area contributed by atoms with Gasteiger partial charge in [-0.2, -0.15) is 0 Å². The number of nitrogens with zero attached hydrogens (tertiary/aromatic N) is 1. The maximum Gasteiger partial charge on any atom is 0.0163 e. The molecule has 0 aliphatic rings. The van der Waals surface area contributed by atoms with Crippen LogP contribution in [0.25, 0.3) is 0 Å². The lowest BCUT2D eigenvalue weighted by Gasteiger charge is -2.26. The third-order valence-electron chi connectivity index (χ3n) is 2.36. The summed E-state index contributed by atoms with van der Waals surface area (Å²) in [4.78, 5) is 2.42. The van der Waals surface area contributed by atoms with Crippen LogP contribution >= 0.6 is 0 Å². The van der Waals surface area contributed by atoms with Crippen molar-refractivity contribution in [3.63, 3.8) is 0 Å². The first-order chi connectivity index (χ1) is 6.37. The van der Waals surface area contributed by atoms with Gasteiger partial charge in [-0.1, -0.05) is 6.08 Å². The average molecular weight is 198 g/mol. The number of hydrogen-bond acceptors (Lipinski definition) is 2. The minimum Gasteiger partial charge on any atom is -0.326 e. The lowest BCUT2D eigenvalue weighted by atomic mass is 10.00. The van der Waals surface area contributed by atoms with Crippen LogP contribution < -0.4 is 5.73 Å². The Labute approximate surface area is 89.2 Å². The van der Waals surface area contributed by atoms with E-state index >= 15 is 0 Å². The van der Waals surface area contributed by atoms with Crippen molar-refractivity contribution in [1.82, 2.24) is 4.90 Å². The van der Waals surface area contributed by atoms with Crippen LogP contribution in [0.15, 0.2) is 12.7 Å². The zero-order chi connectivity index (χ0) is 11.2. The van der Waals surface area contributed by atoms with Crippen molar-refractivity contribution in [3.05, 3.63) is 12.7 Å². The van der Waals surface area contributed by atoms with Gasteiger partial charge in [-0.15, -0.1) is 6.58 Å². The molecule has 0 aromatic heterocycles. The Hall–Kier alpha value is -0.340. The molecule has 2 nitrogen and oxygen atoms in total. The second-order valence-electron chi connectivity index (χ2n) is 4.97. The smallest absolute Gasteiger partial charge is 0.0163 e. The van der Waals surface area contributed by atoms with E-state index in [1.807, 2.05) is 6.08 Å². The highest BCUT2D eigenvalue weighted by molar-refractivity contribution is 4.77. The SMILES string of the molecule is C=CCN(CCCC(C)(C)N)C(C)C. The Balaban J connectivity index is 3.77. The van der Waals surface area contributed by atoms with Crippen molar-refractivity contribution in [2.75, 3.05) is 13.1 Å². The first-order valence-electron chi connectivity index (χ1n) is 5.50. The monoisotopic (exact) mass is 198 g/mol. The summed E-state index contributed by atoms with van der Waals surface area (Å²) in [7, 11) is 0. The fraction of sp³-hybridized carbons (Fsp3) is 0.833. The lowest BCUT2D eigenvalue weighted by Crippen LogP contribution is -2.36. The Bertz CT molecular complexity index is 156. The van der Waals surface area contributed by atoms with Crippen LogP contribution in [0.1, 0.15) is 40.5 Å². The van der Waals surface area contributed by atoms with Gasteiger partial charge in [0.25, 0.3) is 0 Å². The van der Waals surface area contributed by atoms with Gasteiger partial charge >= 0.3 is 0 Å². The zero-order valence-corrected chi connectivity index (χ0v) is 10.2. The standard InChI is InChI=1S/C12H26N2/c1-6-9-14(11(2)3)10-7-8-12(4,5)13/h6,11H,1,7-10,13H2,2-5H3. The zero-order valence-electron chi connectivity index (χ0n) is 10.2. The van der Waals surface area contributed by atoms with Crippen LogP contribution in [0.2, 0.25) is 0 Å². The van der Waals surface area contributed by atoms with E-state index in [9.17, 15) is 0 Å². The summed E-state index contributed by atoms with van der Waals surface area (Å²) in [5, 5.41) is 0. The Morgan fingerprint density at radius 3 is 2.36 bits per heavy atom. The predicted molar refractivity (Wildman–Crippen MR) is 64.4 cm³/mol. The molecule has 0 aliphatic heterocycles. The summed E-state index contributed by atoms with van der Waals surface area (Å²) in [6.45, 7) is 14.5. The molecule has 0 amide bonds. The molecule has 0 aromatic carbocycles. The number of nitrogens with two attached hydrogens (primary N) is 1. The highest BCUT2D eigenvalue weighted by atomic mass is 15.1. The van der Waals surface area contributed by atoms with E-state index in [2.05, 4.69) is 39.2 Å². The topological polar surface area (TPSA) is 29.3 Å². The summed E-state index contributed by atoms with van der Waals surface area (Å²) in [6, 6.07) is 0.592. The molecule has 14 heavy (non-hydrogen) atoms. The van der Waals surface area contributed by atoms with Crippen LogP contribution in [0, 0.1) is 0 Å². The summed E-state index contributed by atoms with van der Waals surface area (Å²) < 4.78 is 0. The van der Waals surface area contributed by atoms with Crippen molar-refractivity contribution in [3.8, 4) is 0 Å². The molecular formula is C12H26N2. The number of rotatable bonds is 7. The van der Waals surface area contributed by atoms with E-state index in [0.29, 0.717) is 6.04 Å². The minimum atomic E-state index is -0.0309. The first kappa shape index (κ1) is 13.7. The van der Waals surface area contributed by atoms with E-state index in [1.54, 1.807) is 0 Å². The highest BCUT2D eigenvalue weighted by Gasteiger charge is 2.12. The van der Waals surface area contributed by atoms with Crippen molar-refractivity contribution < 1.29 is 0 Å². The summed E-state index contributed by atoms with van der Waals surface area (Å²) >= 11 is 0. The van der Waals surface area contributed by atoms with E-state index in [-0.39, 0.29) is 5.54 Å². The van der Waals surface area contributed by atoms with Crippen LogP contribution in [0.3, 0.4) is 0 Å². The van der Waals surface area contributed by atoms with Crippen LogP contribution in [-0.2, 0) is 0 Å². The second kappa shape index (κ2) is 6.20. The summed E-state index contributed by atoms with van der Waals surface area (Å²) in [5.74, 6) is 0. The van der Waals surface area contributed by atoms with Crippen LogP contribution in [0.5, 0.6) is 0 Å². The molecule has 2 heteroatoms. The van der Waals surface area contributed by atoms with Gasteiger partial charge in [-0.05, 0) is 47.1 Å². The molecule has 0 aliphatic carbocycles. The molecule has 0 unspecified atom stereocenters. The van der Waals surface area contributed by atoms with Crippen molar-refractivity contribution >= 4 is 0 Å². The van der Waals surface area contributed by atoms with Gasteiger partial charge in [0.05, 0.1) is 0 Å². The Morgan fingerprint density at radius 1 is 1.43 bits per heavy atom. The Morgan fingerprint density at radius 2 is 2.00 bits per heavy atom. The second-order valence-corrected chi connectivity index (χ2v) is 4.97. The van der Waals surface area contributed by atoms with Crippen molar-refractivity contribution in [2.24, 2.45) is 5.73 Å². The molecule has 0 saturated carbocycles. The molecule has 0 atom stereocenters. The van der Waals surface area contributed by atoms with Gasteiger partial charge in [0, 0.05) is 18.1 Å². The maximum atomic E-state index is 5.93. The largest absolute Gasteiger partial charge is 0.326 e. The van der Waals surface area contributed by atoms with Crippen LogP contribution in [0.4, 0.5) is 0 Å². The molecule has 0 saturated heterocycles. The molecule has 0 aromatic rings. The molecule has 0 bridgehead atoms. The fourth-order valence-electron chi connectivity index (χ4n) is 1.46. The molecular weight excluding hydrogens is 172 g/mol. The molecule has 84 valence electrons. The van der Waals surface area contributed by atoms with E-state index in [1.165, 1.54) is 0 Å². The average Bonchev–Trinajstić information content (AvgIpc) is 2.00.